The molecule has 236 valence electrons. The molecular formula is C28H28F7NO6S. The van der Waals surface area contributed by atoms with Crippen LogP contribution in [0.2, 0.25) is 0 Å². The van der Waals surface area contributed by atoms with Crippen molar-refractivity contribution in [2.24, 2.45) is 11.8 Å². The maximum atomic E-state index is 14.7. The van der Waals surface area contributed by atoms with Crippen molar-refractivity contribution in [1.29, 1.82) is 0 Å². The van der Waals surface area contributed by atoms with E-state index in [-0.39, 0.29) is 66.8 Å². The molecule has 1 heterocycles. The number of carboxylic acid groups (broad SMARTS) is 1. The number of carbonyl (C=O) groups is 2. The molecule has 7 nitrogen and oxygen atoms in total. The van der Waals surface area contributed by atoms with Gasteiger partial charge in [0, 0.05) is 24.6 Å². The van der Waals surface area contributed by atoms with Crippen molar-refractivity contribution in [1.82, 2.24) is 4.90 Å². The first kappa shape index (κ1) is 32.7. The number of aliphatic carboxylic acids is 1. The van der Waals surface area contributed by atoms with Crippen LogP contribution in [0.3, 0.4) is 0 Å². The van der Waals surface area contributed by atoms with Gasteiger partial charge in [0.2, 0.25) is 5.91 Å². The quantitative estimate of drug-likeness (QED) is 0.400. The Hall–Kier alpha value is -3.20. The number of carbonyl (C=O) groups excluding carboxylic acids is 1. The summed E-state index contributed by atoms with van der Waals surface area (Å²) in [6.45, 7) is -1.16. The summed E-state index contributed by atoms with van der Waals surface area (Å²) in [4.78, 5) is 25.7. The number of rotatable bonds is 7. The summed E-state index contributed by atoms with van der Waals surface area (Å²) in [5.41, 5.74) is -7.54. The lowest BCUT2D eigenvalue weighted by Crippen LogP contribution is -2.50. The van der Waals surface area contributed by atoms with E-state index in [0.29, 0.717) is 12.1 Å². The Labute approximate surface area is 242 Å². The first-order valence-electron chi connectivity index (χ1n) is 13.3. The monoisotopic (exact) mass is 639 g/mol. The molecule has 1 aliphatic heterocycles. The van der Waals surface area contributed by atoms with Gasteiger partial charge in [-0.1, -0.05) is 36.4 Å². The molecule has 1 atom stereocenters. The summed E-state index contributed by atoms with van der Waals surface area (Å²) in [5.74, 6) is -2.65. The van der Waals surface area contributed by atoms with Crippen molar-refractivity contribution in [3.63, 3.8) is 0 Å². The van der Waals surface area contributed by atoms with Gasteiger partial charge in [-0.05, 0) is 55.4 Å². The number of nitrogens with zero attached hydrogens (tertiary/aromatic N) is 1. The van der Waals surface area contributed by atoms with E-state index >= 15 is 0 Å². The summed E-state index contributed by atoms with van der Waals surface area (Å²) >= 11 is 0. The molecule has 1 unspecified atom stereocenters. The summed E-state index contributed by atoms with van der Waals surface area (Å²) < 4.78 is 121. The normalized spacial score (nSPS) is 23.8. The number of sulfone groups is 1. The molecule has 0 spiro atoms. The second kappa shape index (κ2) is 11.4. The number of aliphatic hydroxyl groups is 1. The van der Waals surface area contributed by atoms with Crippen LogP contribution in [0.5, 0.6) is 0 Å². The van der Waals surface area contributed by atoms with Gasteiger partial charge >= 0.3 is 24.0 Å². The van der Waals surface area contributed by atoms with Gasteiger partial charge in [0.15, 0.2) is 9.84 Å². The van der Waals surface area contributed by atoms with E-state index in [2.05, 4.69) is 0 Å². The van der Waals surface area contributed by atoms with E-state index in [1.165, 1.54) is 29.2 Å². The molecule has 43 heavy (non-hydrogen) atoms. The first-order valence-corrected chi connectivity index (χ1v) is 14.8. The smallest absolute Gasteiger partial charge is 0.435 e. The maximum Gasteiger partial charge on any atom is 0.435 e. The zero-order chi connectivity index (χ0) is 32.0. The van der Waals surface area contributed by atoms with Gasteiger partial charge in [0.05, 0.1) is 17.4 Å². The summed E-state index contributed by atoms with van der Waals surface area (Å²) in [6, 6.07) is 7.04. The van der Waals surface area contributed by atoms with Crippen molar-refractivity contribution in [3.05, 3.63) is 65.2 Å². The van der Waals surface area contributed by atoms with Crippen molar-refractivity contribution < 1.29 is 59.0 Å². The first-order chi connectivity index (χ1) is 19.9. The highest BCUT2D eigenvalue weighted by Gasteiger charge is 2.73. The van der Waals surface area contributed by atoms with E-state index < -0.39 is 75.0 Å². The zero-order valence-corrected chi connectivity index (χ0v) is 23.3. The average Bonchev–Trinajstić information content (AvgIpc) is 3.43. The van der Waals surface area contributed by atoms with Crippen LogP contribution < -0.4 is 0 Å². The fraction of sp³-hybridized carbons (Fsp3) is 0.500. The SMILES string of the molecule is O=C(O)[C@H]1CC[C@H](C(=O)N2CCC(c3ccc(C(F)(C(F)(F)F)C(F)(F)F)cc3)(S(=O)(=O)c3cccc(CO)c3)C2)CC1. The fourth-order valence-corrected chi connectivity index (χ4v) is 8.10. The van der Waals surface area contributed by atoms with Gasteiger partial charge in [0.1, 0.15) is 4.75 Å². The third kappa shape index (κ3) is 5.61. The molecule has 2 N–H and O–H groups in total. The average molecular weight is 640 g/mol. The molecule has 1 amide bonds. The predicted octanol–water partition coefficient (Wildman–Crippen LogP) is 5.26. The third-order valence-corrected chi connectivity index (χ3v) is 10.9. The molecule has 2 fully saturated rings. The number of hydrogen-bond acceptors (Lipinski definition) is 5. The number of alkyl halides is 7. The van der Waals surface area contributed by atoms with E-state index in [1.807, 2.05) is 0 Å². The second-order valence-corrected chi connectivity index (χ2v) is 13.2. The molecule has 2 aliphatic rings. The molecule has 0 aromatic heterocycles. The largest absolute Gasteiger partial charge is 0.481 e. The topological polar surface area (TPSA) is 112 Å². The zero-order valence-electron chi connectivity index (χ0n) is 22.5. The molecule has 1 saturated heterocycles. The molecule has 1 aliphatic carbocycles. The lowest BCUT2D eigenvalue weighted by Gasteiger charge is -2.33. The number of benzene rings is 2. The molecule has 1 saturated carbocycles. The Morgan fingerprint density at radius 1 is 0.884 bits per heavy atom. The summed E-state index contributed by atoms with van der Waals surface area (Å²) in [5, 5.41) is 18.8. The van der Waals surface area contributed by atoms with Crippen LogP contribution >= 0.6 is 0 Å². The lowest BCUT2D eigenvalue weighted by atomic mass is 9.81. The molecule has 2 aromatic rings. The van der Waals surface area contributed by atoms with Crippen molar-refractivity contribution in [2.75, 3.05) is 13.1 Å². The highest BCUT2D eigenvalue weighted by Crippen LogP contribution is 2.54. The molecule has 0 bridgehead atoms. The fourth-order valence-electron chi connectivity index (χ4n) is 5.95. The minimum absolute atomic E-state index is 0.128. The standard InChI is InChI=1S/C28H28F7NO6S/c29-26(27(30,31)32,28(33,34)35)21-10-8-20(9-11-21)25(43(41,42)22-3-1-2-17(14-22)15-37)12-13-36(16-25)23(38)18-4-6-19(7-5-18)24(39)40/h1-3,8-11,14,18-19,37H,4-7,12-13,15-16H2,(H,39,40)/t18-,19-,25?. The van der Waals surface area contributed by atoms with Crippen molar-refractivity contribution in [2.45, 2.75) is 66.4 Å². The molecule has 15 heteroatoms. The number of aliphatic hydroxyl groups excluding tert-OH is 1. The Balaban J connectivity index is 1.76. The Morgan fingerprint density at radius 2 is 1.44 bits per heavy atom. The molecule has 4 rings (SSSR count). The number of likely N-dealkylation sites (tertiary alicyclic amines) is 1. The van der Waals surface area contributed by atoms with E-state index in [4.69, 9.17) is 0 Å². The van der Waals surface area contributed by atoms with Gasteiger partial charge in [-0.25, -0.2) is 12.8 Å². The van der Waals surface area contributed by atoms with E-state index in [9.17, 15) is 59.0 Å². The second-order valence-electron chi connectivity index (χ2n) is 10.9. The van der Waals surface area contributed by atoms with Gasteiger partial charge in [0.25, 0.3) is 0 Å². The van der Waals surface area contributed by atoms with E-state index in [0.717, 1.165) is 0 Å². The third-order valence-electron chi connectivity index (χ3n) is 8.46. The highest BCUT2D eigenvalue weighted by atomic mass is 32.2. The Morgan fingerprint density at radius 3 is 1.95 bits per heavy atom. The minimum Gasteiger partial charge on any atom is -0.481 e. The van der Waals surface area contributed by atoms with Crippen LogP contribution in [-0.2, 0) is 36.4 Å². The Kier molecular flexibility index (Phi) is 8.66. The van der Waals surface area contributed by atoms with E-state index in [1.54, 1.807) is 0 Å². The van der Waals surface area contributed by atoms with Gasteiger partial charge < -0.3 is 15.1 Å². The van der Waals surface area contributed by atoms with Gasteiger partial charge in [-0.15, -0.1) is 0 Å². The summed E-state index contributed by atoms with van der Waals surface area (Å²) in [7, 11) is -4.53. The number of carboxylic acids is 1. The van der Waals surface area contributed by atoms with Crippen LogP contribution in [0.25, 0.3) is 0 Å². The number of halogens is 7. The van der Waals surface area contributed by atoms with Crippen molar-refractivity contribution >= 4 is 21.7 Å². The van der Waals surface area contributed by atoms with Crippen LogP contribution in [0.4, 0.5) is 30.7 Å². The van der Waals surface area contributed by atoms with Crippen molar-refractivity contribution in [3.8, 4) is 0 Å². The number of amides is 1. The number of hydrogen-bond donors (Lipinski definition) is 2. The highest BCUT2D eigenvalue weighted by molar-refractivity contribution is 7.92. The van der Waals surface area contributed by atoms with Crippen LogP contribution in [0, 0.1) is 11.8 Å². The lowest BCUT2D eigenvalue weighted by molar-refractivity contribution is -0.348. The maximum absolute atomic E-state index is 14.7. The Bertz CT molecular complexity index is 1450. The van der Waals surface area contributed by atoms with Crippen LogP contribution in [0.15, 0.2) is 53.4 Å². The molecular weight excluding hydrogens is 611 g/mol. The summed E-state index contributed by atoms with van der Waals surface area (Å²) in [6.07, 6.45) is -12.0. The predicted molar refractivity (Wildman–Crippen MR) is 137 cm³/mol. The van der Waals surface area contributed by atoms with Gasteiger partial charge in [-0.2, -0.15) is 26.3 Å². The van der Waals surface area contributed by atoms with Crippen LogP contribution in [0.1, 0.15) is 48.8 Å². The van der Waals surface area contributed by atoms with Gasteiger partial charge in [-0.3, -0.25) is 9.59 Å². The molecule has 0 radical (unpaired) electrons. The van der Waals surface area contributed by atoms with Crippen LogP contribution in [-0.4, -0.2) is 60.8 Å². The minimum atomic E-state index is -6.36. The molecule has 2 aromatic carbocycles.